The third kappa shape index (κ3) is 1.83. The Labute approximate surface area is 92.7 Å². The highest BCUT2D eigenvalue weighted by atomic mass is 16.3. The van der Waals surface area contributed by atoms with Crippen LogP contribution in [0.3, 0.4) is 0 Å². The summed E-state index contributed by atoms with van der Waals surface area (Å²) in [5, 5.41) is 10.1. The second kappa shape index (κ2) is 4.06. The fourth-order valence-corrected chi connectivity index (χ4v) is 4.06. The number of aliphatic hydroxyl groups is 1. The maximum Gasteiger partial charge on any atom is 0.0695 e. The van der Waals surface area contributed by atoms with Crippen molar-refractivity contribution in [1.82, 2.24) is 4.90 Å². The van der Waals surface area contributed by atoms with Gasteiger partial charge in [-0.05, 0) is 37.5 Å². The van der Waals surface area contributed by atoms with Crippen molar-refractivity contribution in [3.8, 4) is 0 Å². The van der Waals surface area contributed by atoms with Crippen molar-refractivity contribution in [2.24, 2.45) is 11.8 Å². The first-order valence-corrected chi connectivity index (χ1v) is 6.77. The second-order valence-electron chi connectivity index (χ2n) is 5.82. The summed E-state index contributed by atoms with van der Waals surface area (Å²) >= 11 is 0. The molecule has 3 rings (SSSR count). The summed E-state index contributed by atoms with van der Waals surface area (Å²) in [4.78, 5) is 2.61. The van der Waals surface area contributed by atoms with Gasteiger partial charge in [0.05, 0.1) is 6.10 Å². The van der Waals surface area contributed by atoms with Crippen LogP contribution in [0.15, 0.2) is 0 Å². The largest absolute Gasteiger partial charge is 0.391 e. The maximum absolute atomic E-state index is 10.1. The first-order valence-electron chi connectivity index (χ1n) is 6.77. The van der Waals surface area contributed by atoms with E-state index in [-0.39, 0.29) is 6.10 Å². The van der Waals surface area contributed by atoms with Crippen LogP contribution >= 0.6 is 0 Å². The molecule has 3 fully saturated rings. The Bertz CT molecular complexity index is 219. The number of nitrogens with zero attached hydrogens (tertiary/aromatic N) is 1. The molecule has 1 N–H and O–H groups in total. The first kappa shape index (κ1) is 10.1. The Morgan fingerprint density at radius 2 is 1.47 bits per heavy atom. The molecule has 0 aromatic heterocycles. The molecule has 15 heavy (non-hydrogen) atoms. The van der Waals surface area contributed by atoms with Gasteiger partial charge < -0.3 is 5.11 Å². The fourth-order valence-electron chi connectivity index (χ4n) is 4.06. The van der Waals surface area contributed by atoms with Crippen molar-refractivity contribution in [3.05, 3.63) is 0 Å². The summed E-state index contributed by atoms with van der Waals surface area (Å²) in [6, 6.07) is 0.504. The minimum absolute atomic E-state index is 0.0300. The lowest BCUT2D eigenvalue weighted by molar-refractivity contribution is 0.0275. The van der Waals surface area contributed by atoms with Crippen LogP contribution in [-0.2, 0) is 0 Å². The van der Waals surface area contributed by atoms with E-state index in [9.17, 15) is 5.11 Å². The smallest absolute Gasteiger partial charge is 0.0695 e. The van der Waals surface area contributed by atoms with E-state index in [2.05, 4.69) is 4.90 Å². The average molecular weight is 209 g/mol. The second-order valence-corrected chi connectivity index (χ2v) is 5.82. The van der Waals surface area contributed by atoms with Crippen LogP contribution in [0.4, 0.5) is 0 Å². The van der Waals surface area contributed by atoms with Gasteiger partial charge in [-0.2, -0.15) is 0 Å². The van der Waals surface area contributed by atoms with E-state index in [1.807, 2.05) is 0 Å². The van der Waals surface area contributed by atoms with Crippen molar-refractivity contribution in [1.29, 1.82) is 0 Å². The third-order valence-electron chi connectivity index (χ3n) is 4.92. The molecule has 2 aliphatic carbocycles. The van der Waals surface area contributed by atoms with E-state index < -0.39 is 0 Å². The van der Waals surface area contributed by atoms with Crippen LogP contribution < -0.4 is 0 Å². The summed E-state index contributed by atoms with van der Waals surface area (Å²) in [5.41, 5.74) is 0. The zero-order valence-electron chi connectivity index (χ0n) is 9.57. The summed E-state index contributed by atoms with van der Waals surface area (Å²) in [5.74, 6) is 1.94. The number of fused-ring (bicyclic) bond motifs is 1. The third-order valence-corrected chi connectivity index (χ3v) is 4.92. The van der Waals surface area contributed by atoms with E-state index in [1.165, 1.54) is 51.6 Å². The molecule has 1 saturated heterocycles. The Kier molecular flexibility index (Phi) is 2.73. The van der Waals surface area contributed by atoms with Crippen molar-refractivity contribution < 1.29 is 5.11 Å². The van der Waals surface area contributed by atoms with Gasteiger partial charge in [-0.25, -0.2) is 0 Å². The number of aliphatic hydroxyl groups excluding tert-OH is 1. The summed E-state index contributed by atoms with van der Waals surface area (Å²) in [6.07, 6.45) is 9.16. The predicted octanol–water partition coefficient (Wildman–Crippen LogP) is 2.02. The monoisotopic (exact) mass is 209 g/mol. The lowest BCUT2D eigenvalue weighted by atomic mass is 9.91. The molecule has 86 valence electrons. The van der Waals surface area contributed by atoms with Gasteiger partial charge >= 0.3 is 0 Å². The molecule has 3 aliphatic rings. The highest BCUT2D eigenvalue weighted by Crippen LogP contribution is 2.40. The van der Waals surface area contributed by atoms with E-state index >= 15 is 0 Å². The molecule has 0 radical (unpaired) electrons. The lowest BCUT2D eigenvalue weighted by Gasteiger charge is -2.35. The summed E-state index contributed by atoms with van der Waals surface area (Å²) in [7, 11) is 0. The molecule has 0 spiro atoms. The standard InChI is InChI=1S/C13H23NO/c15-13-7-2-1-6-12(13)14-8-10-4-3-5-11(10)9-14/h10-13,15H,1-9H2. The quantitative estimate of drug-likeness (QED) is 0.714. The van der Waals surface area contributed by atoms with Crippen LogP contribution in [0.2, 0.25) is 0 Å². The minimum Gasteiger partial charge on any atom is -0.391 e. The molecule has 0 aromatic rings. The summed E-state index contributed by atoms with van der Waals surface area (Å²) in [6.45, 7) is 2.57. The highest BCUT2D eigenvalue weighted by molar-refractivity contribution is 4.94. The van der Waals surface area contributed by atoms with Crippen LogP contribution in [0.1, 0.15) is 44.9 Å². The van der Waals surface area contributed by atoms with Gasteiger partial charge in [0, 0.05) is 19.1 Å². The normalized spacial score (nSPS) is 47.0. The van der Waals surface area contributed by atoms with E-state index in [0.29, 0.717) is 6.04 Å². The molecular formula is C13H23NO. The molecule has 2 nitrogen and oxygen atoms in total. The number of rotatable bonds is 1. The molecule has 1 heterocycles. The molecular weight excluding hydrogens is 186 g/mol. The van der Waals surface area contributed by atoms with E-state index in [1.54, 1.807) is 0 Å². The molecule has 0 amide bonds. The maximum atomic E-state index is 10.1. The molecule has 0 bridgehead atoms. The molecule has 4 atom stereocenters. The zero-order chi connectivity index (χ0) is 10.3. The van der Waals surface area contributed by atoms with E-state index in [4.69, 9.17) is 0 Å². The molecule has 1 aliphatic heterocycles. The molecule has 2 saturated carbocycles. The van der Waals surface area contributed by atoms with Gasteiger partial charge in [-0.15, -0.1) is 0 Å². The molecule has 2 heteroatoms. The van der Waals surface area contributed by atoms with Crippen LogP contribution in [0, 0.1) is 11.8 Å². The SMILES string of the molecule is OC1CCCCC1N1CC2CCCC2C1. The van der Waals surface area contributed by atoms with Crippen molar-refractivity contribution >= 4 is 0 Å². The number of hydrogen-bond donors (Lipinski definition) is 1. The lowest BCUT2D eigenvalue weighted by Crippen LogP contribution is -2.44. The number of hydrogen-bond acceptors (Lipinski definition) is 2. The Morgan fingerprint density at radius 1 is 0.800 bits per heavy atom. The Balaban J connectivity index is 1.63. The van der Waals surface area contributed by atoms with Gasteiger partial charge in [0.15, 0.2) is 0 Å². The van der Waals surface area contributed by atoms with Crippen LogP contribution in [0.5, 0.6) is 0 Å². The van der Waals surface area contributed by atoms with Crippen molar-refractivity contribution in [2.45, 2.75) is 57.1 Å². The zero-order valence-corrected chi connectivity index (χ0v) is 9.57. The first-order chi connectivity index (χ1) is 7.34. The van der Waals surface area contributed by atoms with Gasteiger partial charge in [0.25, 0.3) is 0 Å². The van der Waals surface area contributed by atoms with Gasteiger partial charge in [-0.1, -0.05) is 19.3 Å². The van der Waals surface area contributed by atoms with Gasteiger partial charge in [-0.3, -0.25) is 4.90 Å². The van der Waals surface area contributed by atoms with Crippen molar-refractivity contribution in [2.75, 3.05) is 13.1 Å². The highest BCUT2D eigenvalue weighted by Gasteiger charge is 2.40. The average Bonchev–Trinajstić information content (AvgIpc) is 2.77. The predicted molar refractivity (Wildman–Crippen MR) is 60.7 cm³/mol. The topological polar surface area (TPSA) is 23.5 Å². The van der Waals surface area contributed by atoms with E-state index in [0.717, 1.165) is 18.3 Å². The van der Waals surface area contributed by atoms with Gasteiger partial charge in [0.2, 0.25) is 0 Å². The Hall–Kier alpha value is -0.0800. The Morgan fingerprint density at radius 3 is 2.13 bits per heavy atom. The van der Waals surface area contributed by atoms with Crippen LogP contribution in [0.25, 0.3) is 0 Å². The fraction of sp³-hybridized carbons (Fsp3) is 1.00. The minimum atomic E-state index is -0.0300. The summed E-state index contributed by atoms with van der Waals surface area (Å²) < 4.78 is 0. The van der Waals surface area contributed by atoms with Crippen molar-refractivity contribution in [3.63, 3.8) is 0 Å². The van der Waals surface area contributed by atoms with Crippen LogP contribution in [-0.4, -0.2) is 35.2 Å². The van der Waals surface area contributed by atoms with Gasteiger partial charge in [0.1, 0.15) is 0 Å². The number of likely N-dealkylation sites (tertiary alicyclic amines) is 1. The molecule has 0 aromatic carbocycles. The molecule has 4 unspecified atom stereocenters.